The smallest absolute Gasteiger partial charge is 0.270 e. The Morgan fingerprint density at radius 2 is 1.94 bits per heavy atom. The van der Waals surface area contributed by atoms with Crippen molar-refractivity contribution in [2.45, 2.75) is 19.8 Å². The normalized spacial score (nSPS) is 15.9. The highest BCUT2D eigenvalue weighted by Gasteiger charge is 2.32. The van der Waals surface area contributed by atoms with Crippen LogP contribution in [0.25, 0.3) is 0 Å². The molecule has 2 amide bonds. The highest BCUT2D eigenvalue weighted by molar-refractivity contribution is 5.96. The van der Waals surface area contributed by atoms with Crippen molar-refractivity contribution < 1.29 is 22.8 Å². The van der Waals surface area contributed by atoms with Gasteiger partial charge in [-0.05, 0) is 31.0 Å². The van der Waals surface area contributed by atoms with Gasteiger partial charge in [-0.15, -0.1) is 0 Å². The van der Waals surface area contributed by atoms with Gasteiger partial charge in [0.05, 0.1) is 11.6 Å². The Kier molecular flexibility index (Phi) is 5.77. The first-order chi connectivity index (χ1) is 15.2. The van der Waals surface area contributed by atoms with E-state index in [1.54, 1.807) is 15.6 Å². The molecule has 1 aliphatic rings. The third-order valence-electron chi connectivity index (χ3n) is 5.57. The number of nitrogens with one attached hydrogen (secondary N) is 2. The van der Waals surface area contributed by atoms with Gasteiger partial charge in [-0.2, -0.15) is 5.10 Å². The molecule has 2 aromatic heterocycles. The van der Waals surface area contributed by atoms with Crippen molar-refractivity contribution in [3.05, 3.63) is 70.6 Å². The number of H-pyrrole nitrogens is 1. The number of carbonyl (C=O) groups is 2. The molecule has 2 N–H and O–H groups in total. The van der Waals surface area contributed by atoms with E-state index in [1.165, 1.54) is 0 Å². The van der Waals surface area contributed by atoms with E-state index in [1.807, 2.05) is 26.2 Å². The maximum atomic E-state index is 13.4. The SMILES string of the molecule is Cc1nn(C)cc1Cc1ccc(C(=O)N2CC[C@H](C(=O)Nc3cc(F)c(F)c(F)c3)C2)[nH]1. The van der Waals surface area contributed by atoms with E-state index in [0.29, 0.717) is 25.1 Å². The van der Waals surface area contributed by atoms with Gasteiger partial charge in [0.2, 0.25) is 5.91 Å². The molecular formula is C22H22F3N5O2. The summed E-state index contributed by atoms with van der Waals surface area (Å²) in [5.74, 6) is -5.61. The zero-order valence-electron chi connectivity index (χ0n) is 17.6. The van der Waals surface area contributed by atoms with Crippen molar-refractivity contribution in [2.24, 2.45) is 13.0 Å². The summed E-state index contributed by atoms with van der Waals surface area (Å²) in [4.78, 5) is 30.0. The molecule has 0 aliphatic carbocycles. The van der Waals surface area contributed by atoms with Gasteiger partial charge < -0.3 is 15.2 Å². The molecule has 0 unspecified atom stereocenters. The lowest BCUT2D eigenvalue weighted by atomic mass is 10.1. The van der Waals surface area contributed by atoms with Gasteiger partial charge in [0.15, 0.2) is 17.5 Å². The third kappa shape index (κ3) is 4.39. The molecule has 4 rings (SSSR count). The summed E-state index contributed by atoms with van der Waals surface area (Å²) >= 11 is 0. The number of hydrogen-bond acceptors (Lipinski definition) is 3. The average Bonchev–Trinajstić information content (AvgIpc) is 3.46. The molecule has 0 spiro atoms. The standard InChI is InChI=1S/C22H22F3N5O2/c1-12-14(10-29(2)28-12)7-15-3-4-19(26-15)22(32)30-6-5-13(11-30)21(31)27-16-8-17(23)20(25)18(24)9-16/h3-4,8-10,13,26H,5-7,11H2,1-2H3,(H,27,31)/t13-/m0/s1. The summed E-state index contributed by atoms with van der Waals surface area (Å²) in [5.41, 5.74) is 3.10. The van der Waals surface area contributed by atoms with Crippen molar-refractivity contribution in [3.63, 3.8) is 0 Å². The molecule has 7 nitrogen and oxygen atoms in total. The maximum Gasteiger partial charge on any atom is 0.270 e. The summed E-state index contributed by atoms with van der Waals surface area (Å²) in [7, 11) is 1.85. The Morgan fingerprint density at radius 3 is 2.59 bits per heavy atom. The number of hydrogen-bond donors (Lipinski definition) is 2. The first-order valence-corrected chi connectivity index (χ1v) is 10.1. The molecule has 168 valence electrons. The number of benzene rings is 1. The molecule has 10 heteroatoms. The van der Waals surface area contributed by atoms with Crippen LogP contribution in [-0.4, -0.2) is 44.6 Å². The molecule has 0 bridgehead atoms. The Bertz CT molecular complexity index is 1160. The number of halogens is 3. The summed E-state index contributed by atoms with van der Waals surface area (Å²) in [5, 5.41) is 6.70. The first-order valence-electron chi connectivity index (χ1n) is 10.1. The number of aryl methyl sites for hydroxylation is 2. The monoisotopic (exact) mass is 445 g/mol. The van der Waals surface area contributed by atoms with Crippen LogP contribution in [-0.2, 0) is 18.3 Å². The summed E-state index contributed by atoms with van der Waals surface area (Å²) in [6.07, 6.45) is 2.95. The van der Waals surface area contributed by atoms with Crippen LogP contribution in [0.1, 0.15) is 33.9 Å². The molecular weight excluding hydrogens is 423 g/mol. The average molecular weight is 445 g/mol. The topological polar surface area (TPSA) is 83.0 Å². The number of aromatic amines is 1. The number of likely N-dealkylation sites (tertiary alicyclic amines) is 1. The summed E-state index contributed by atoms with van der Waals surface area (Å²) < 4.78 is 41.5. The van der Waals surface area contributed by atoms with Crippen LogP contribution >= 0.6 is 0 Å². The fourth-order valence-electron chi connectivity index (χ4n) is 3.90. The lowest BCUT2D eigenvalue weighted by Gasteiger charge is -2.16. The Morgan fingerprint density at radius 1 is 1.22 bits per heavy atom. The van der Waals surface area contributed by atoms with Crippen LogP contribution in [0.5, 0.6) is 0 Å². The van der Waals surface area contributed by atoms with E-state index in [-0.39, 0.29) is 18.1 Å². The minimum atomic E-state index is -1.59. The van der Waals surface area contributed by atoms with Gasteiger partial charge in [-0.25, -0.2) is 13.2 Å². The van der Waals surface area contributed by atoms with Crippen LogP contribution in [0.4, 0.5) is 18.9 Å². The number of aromatic nitrogens is 3. The number of rotatable bonds is 5. The van der Waals surface area contributed by atoms with Crippen molar-refractivity contribution in [1.29, 1.82) is 0 Å². The number of nitrogens with zero attached hydrogens (tertiary/aromatic N) is 3. The van der Waals surface area contributed by atoms with Gasteiger partial charge >= 0.3 is 0 Å². The fraction of sp³-hybridized carbons (Fsp3) is 0.318. The molecule has 1 aromatic carbocycles. The highest BCUT2D eigenvalue weighted by Crippen LogP contribution is 2.23. The molecule has 0 saturated carbocycles. The van der Waals surface area contributed by atoms with Crippen molar-refractivity contribution in [2.75, 3.05) is 18.4 Å². The van der Waals surface area contributed by atoms with Crippen LogP contribution in [0, 0.1) is 30.3 Å². The fourth-order valence-corrected chi connectivity index (χ4v) is 3.90. The van der Waals surface area contributed by atoms with Gasteiger partial charge in [0.1, 0.15) is 5.69 Å². The lowest BCUT2D eigenvalue weighted by molar-refractivity contribution is -0.119. The van der Waals surface area contributed by atoms with Gasteiger partial charge in [-0.1, -0.05) is 0 Å². The van der Waals surface area contributed by atoms with Crippen LogP contribution in [0.2, 0.25) is 0 Å². The minimum absolute atomic E-state index is 0.170. The Labute approximate surface area is 182 Å². The quantitative estimate of drug-likeness (QED) is 0.592. The van der Waals surface area contributed by atoms with Gasteiger partial charge in [0, 0.05) is 56.3 Å². The molecule has 1 aliphatic heterocycles. The van der Waals surface area contributed by atoms with E-state index in [2.05, 4.69) is 15.4 Å². The zero-order valence-corrected chi connectivity index (χ0v) is 17.6. The molecule has 3 heterocycles. The Hall–Kier alpha value is -3.56. The molecule has 1 saturated heterocycles. The maximum absolute atomic E-state index is 13.4. The van der Waals surface area contributed by atoms with Crippen molar-refractivity contribution in [1.82, 2.24) is 19.7 Å². The lowest BCUT2D eigenvalue weighted by Crippen LogP contribution is -2.31. The second kappa shape index (κ2) is 8.52. The molecule has 1 atom stereocenters. The molecule has 3 aromatic rings. The second-order valence-electron chi connectivity index (χ2n) is 7.97. The van der Waals surface area contributed by atoms with Crippen LogP contribution in [0.3, 0.4) is 0 Å². The van der Waals surface area contributed by atoms with E-state index in [9.17, 15) is 22.8 Å². The summed E-state index contributed by atoms with van der Waals surface area (Å²) in [6, 6.07) is 5.00. The predicted octanol–water partition coefficient (Wildman–Crippen LogP) is 3.17. The van der Waals surface area contributed by atoms with E-state index in [4.69, 9.17) is 0 Å². The largest absolute Gasteiger partial charge is 0.354 e. The Balaban J connectivity index is 1.37. The van der Waals surface area contributed by atoms with Gasteiger partial charge in [0.25, 0.3) is 5.91 Å². The highest BCUT2D eigenvalue weighted by atomic mass is 19.2. The third-order valence-corrected chi connectivity index (χ3v) is 5.57. The van der Waals surface area contributed by atoms with Crippen LogP contribution < -0.4 is 5.32 Å². The van der Waals surface area contributed by atoms with E-state index >= 15 is 0 Å². The second-order valence-corrected chi connectivity index (χ2v) is 7.97. The van der Waals surface area contributed by atoms with Crippen molar-refractivity contribution >= 4 is 17.5 Å². The first kappa shape index (κ1) is 21.7. The molecule has 32 heavy (non-hydrogen) atoms. The molecule has 0 radical (unpaired) electrons. The van der Waals surface area contributed by atoms with E-state index in [0.717, 1.165) is 29.1 Å². The minimum Gasteiger partial charge on any atom is -0.354 e. The van der Waals surface area contributed by atoms with Crippen LogP contribution in [0.15, 0.2) is 30.5 Å². The predicted molar refractivity (Wildman–Crippen MR) is 110 cm³/mol. The number of anilines is 1. The summed E-state index contributed by atoms with van der Waals surface area (Å²) in [6.45, 7) is 2.47. The van der Waals surface area contributed by atoms with Crippen molar-refractivity contribution in [3.8, 4) is 0 Å². The van der Waals surface area contributed by atoms with Gasteiger partial charge in [-0.3, -0.25) is 14.3 Å². The number of amides is 2. The zero-order chi connectivity index (χ0) is 23.0. The van der Waals surface area contributed by atoms with E-state index < -0.39 is 29.3 Å². The molecule has 1 fully saturated rings. The number of carbonyl (C=O) groups excluding carboxylic acids is 2.